The summed E-state index contributed by atoms with van der Waals surface area (Å²) in [5.74, 6) is -1.25. The molecule has 0 saturated carbocycles. The van der Waals surface area contributed by atoms with E-state index in [2.05, 4.69) is 15.9 Å². The van der Waals surface area contributed by atoms with Crippen LogP contribution in [0.4, 0.5) is 5.69 Å². The molecule has 86 valence electrons. The summed E-state index contributed by atoms with van der Waals surface area (Å²) in [6.45, 7) is 1.30. The standard InChI is InChI=1S/C9H8BrNO5/c1-5(9(12)13)16-8-3-2-6(10)4-7(8)11(14)15/h2-5H,1H3,(H,12,13)/t5-/m1/s1. The molecule has 0 heterocycles. The summed E-state index contributed by atoms with van der Waals surface area (Å²) in [4.78, 5) is 20.6. The van der Waals surface area contributed by atoms with E-state index in [1.54, 1.807) is 0 Å². The van der Waals surface area contributed by atoms with Gasteiger partial charge in [-0.15, -0.1) is 0 Å². The summed E-state index contributed by atoms with van der Waals surface area (Å²) in [6.07, 6.45) is -1.14. The number of carboxylic acids is 1. The largest absolute Gasteiger partial charge is 0.479 e. The van der Waals surface area contributed by atoms with Crippen LogP contribution in [0.3, 0.4) is 0 Å². The van der Waals surface area contributed by atoms with E-state index in [0.29, 0.717) is 4.47 Å². The number of carboxylic acid groups (broad SMARTS) is 1. The summed E-state index contributed by atoms with van der Waals surface area (Å²) in [6, 6.07) is 4.14. The molecule has 0 saturated heterocycles. The third kappa shape index (κ3) is 2.93. The number of rotatable bonds is 4. The van der Waals surface area contributed by atoms with E-state index >= 15 is 0 Å². The molecule has 1 aromatic rings. The van der Waals surface area contributed by atoms with Gasteiger partial charge >= 0.3 is 11.7 Å². The van der Waals surface area contributed by atoms with Crippen molar-refractivity contribution >= 4 is 27.6 Å². The molecule has 0 fully saturated rings. The Kier molecular flexibility index (Phi) is 3.83. The van der Waals surface area contributed by atoms with Crippen LogP contribution in [0.5, 0.6) is 5.75 Å². The van der Waals surface area contributed by atoms with E-state index in [1.807, 2.05) is 0 Å². The highest BCUT2D eigenvalue weighted by Crippen LogP contribution is 2.30. The van der Waals surface area contributed by atoms with Crippen molar-refractivity contribution in [3.63, 3.8) is 0 Å². The third-order valence-corrected chi connectivity index (χ3v) is 2.26. The molecule has 1 rings (SSSR count). The lowest BCUT2D eigenvalue weighted by molar-refractivity contribution is -0.386. The maximum Gasteiger partial charge on any atom is 0.344 e. The Morgan fingerprint density at radius 3 is 2.75 bits per heavy atom. The van der Waals surface area contributed by atoms with Crippen LogP contribution in [0.25, 0.3) is 0 Å². The van der Waals surface area contributed by atoms with Crippen LogP contribution in [-0.2, 0) is 4.79 Å². The van der Waals surface area contributed by atoms with Gasteiger partial charge in [-0.1, -0.05) is 15.9 Å². The topological polar surface area (TPSA) is 89.7 Å². The summed E-state index contributed by atoms with van der Waals surface area (Å²) < 4.78 is 5.48. The van der Waals surface area contributed by atoms with Gasteiger partial charge in [-0.05, 0) is 19.1 Å². The molecule has 0 bridgehead atoms. The number of hydrogen-bond donors (Lipinski definition) is 1. The lowest BCUT2D eigenvalue weighted by Crippen LogP contribution is -2.23. The zero-order valence-electron chi connectivity index (χ0n) is 8.21. The van der Waals surface area contributed by atoms with Crippen LogP contribution in [0.2, 0.25) is 0 Å². The first-order valence-electron chi connectivity index (χ1n) is 4.25. The molecule has 0 aliphatic heterocycles. The van der Waals surface area contributed by atoms with E-state index in [9.17, 15) is 14.9 Å². The molecule has 7 heteroatoms. The molecule has 1 N–H and O–H groups in total. The van der Waals surface area contributed by atoms with Crippen molar-refractivity contribution < 1.29 is 19.6 Å². The van der Waals surface area contributed by atoms with Gasteiger partial charge in [0.25, 0.3) is 0 Å². The molecule has 0 radical (unpaired) electrons. The van der Waals surface area contributed by atoms with E-state index in [-0.39, 0.29) is 11.4 Å². The second kappa shape index (κ2) is 4.93. The van der Waals surface area contributed by atoms with E-state index in [4.69, 9.17) is 9.84 Å². The van der Waals surface area contributed by atoms with E-state index in [1.165, 1.54) is 25.1 Å². The van der Waals surface area contributed by atoms with Crippen LogP contribution in [0.1, 0.15) is 6.92 Å². The van der Waals surface area contributed by atoms with Gasteiger partial charge in [-0.3, -0.25) is 10.1 Å². The molecule has 16 heavy (non-hydrogen) atoms. The molecule has 0 aromatic heterocycles. The van der Waals surface area contributed by atoms with Crippen molar-refractivity contribution in [3.8, 4) is 5.75 Å². The number of carbonyl (C=O) groups is 1. The van der Waals surface area contributed by atoms with Gasteiger partial charge in [0.1, 0.15) is 0 Å². The Morgan fingerprint density at radius 2 is 2.25 bits per heavy atom. The van der Waals surface area contributed by atoms with Gasteiger partial charge in [0.15, 0.2) is 11.9 Å². The zero-order chi connectivity index (χ0) is 12.3. The fourth-order valence-electron chi connectivity index (χ4n) is 0.974. The highest BCUT2D eigenvalue weighted by molar-refractivity contribution is 9.10. The second-order valence-electron chi connectivity index (χ2n) is 2.97. The van der Waals surface area contributed by atoms with Gasteiger partial charge in [0.05, 0.1) is 4.92 Å². The predicted octanol–water partition coefficient (Wildman–Crippen LogP) is 2.21. The highest BCUT2D eigenvalue weighted by Gasteiger charge is 2.20. The number of nitro groups is 1. The summed E-state index contributed by atoms with van der Waals surface area (Å²) in [7, 11) is 0. The average molecular weight is 290 g/mol. The van der Waals surface area contributed by atoms with Crippen molar-refractivity contribution in [2.24, 2.45) is 0 Å². The first-order valence-corrected chi connectivity index (χ1v) is 5.04. The lowest BCUT2D eigenvalue weighted by Gasteiger charge is -2.10. The van der Waals surface area contributed by atoms with Crippen LogP contribution < -0.4 is 4.74 Å². The quantitative estimate of drug-likeness (QED) is 0.678. The van der Waals surface area contributed by atoms with Crippen LogP contribution in [0.15, 0.2) is 22.7 Å². The summed E-state index contributed by atoms with van der Waals surface area (Å²) >= 11 is 3.08. The first-order chi connectivity index (χ1) is 7.41. The molecule has 0 amide bonds. The number of hydrogen-bond acceptors (Lipinski definition) is 4. The van der Waals surface area contributed by atoms with Gasteiger partial charge in [0, 0.05) is 10.5 Å². The van der Waals surface area contributed by atoms with Crippen molar-refractivity contribution in [3.05, 3.63) is 32.8 Å². The average Bonchev–Trinajstić information content (AvgIpc) is 2.20. The van der Waals surface area contributed by atoms with Crippen LogP contribution >= 0.6 is 15.9 Å². The maximum atomic E-state index is 10.7. The van der Waals surface area contributed by atoms with Crippen molar-refractivity contribution in [2.75, 3.05) is 0 Å². The molecule has 0 aliphatic carbocycles. The van der Waals surface area contributed by atoms with E-state index in [0.717, 1.165) is 0 Å². The molecule has 0 aliphatic rings. The van der Waals surface area contributed by atoms with Gasteiger partial charge in [-0.25, -0.2) is 4.79 Å². The number of nitrogens with zero attached hydrogens (tertiary/aromatic N) is 1. The fourth-order valence-corrected chi connectivity index (χ4v) is 1.32. The number of nitro benzene ring substituents is 1. The maximum absolute atomic E-state index is 10.7. The van der Waals surface area contributed by atoms with Gasteiger partial charge in [-0.2, -0.15) is 0 Å². The summed E-state index contributed by atoms with van der Waals surface area (Å²) in [5, 5.41) is 19.3. The monoisotopic (exact) mass is 289 g/mol. The lowest BCUT2D eigenvalue weighted by atomic mass is 10.3. The summed E-state index contributed by atoms with van der Waals surface area (Å²) in [5.41, 5.74) is -0.275. The Labute approximate surface area is 99.1 Å². The van der Waals surface area contributed by atoms with Crippen molar-refractivity contribution in [1.82, 2.24) is 0 Å². The smallest absolute Gasteiger partial charge is 0.344 e. The molecule has 1 aromatic carbocycles. The molecular formula is C9H8BrNO5. The number of benzene rings is 1. The minimum Gasteiger partial charge on any atom is -0.479 e. The fraction of sp³-hybridized carbons (Fsp3) is 0.222. The van der Waals surface area contributed by atoms with Crippen molar-refractivity contribution in [2.45, 2.75) is 13.0 Å². The minimum atomic E-state index is -1.18. The predicted molar refractivity (Wildman–Crippen MR) is 58.5 cm³/mol. The van der Waals surface area contributed by atoms with Crippen molar-refractivity contribution in [1.29, 1.82) is 0 Å². The van der Waals surface area contributed by atoms with Crippen LogP contribution in [-0.4, -0.2) is 22.1 Å². The molecule has 0 unspecified atom stereocenters. The zero-order valence-corrected chi connectivity index (χ0v) is 9.80. The molecular weight excluding hydrogens is 282 g/mol. The first kappa shape index (κ1) is 12.4. The normalized spacial score (nSPS) is 11.9. The minimum absolute atomic E-state index is 0.0666. The number of ether oxygens (including phenoxy) is 1. The van der Waals surface area contributed by atoms with E-state index < -0.39 is 17.0 Å². The SMILES string of the molecule is C[C@@H](Oc1ccc(Br)cc1[N+](=O)[O-])C(=O)O. The van der Waals surface area contributed by atoms with Gasteiger partial charge in [0.2, 0.25) is 0 Å². The second-order valence-corrected chi connectivity index (χ2v) is 3.88. The Hall–Kier alpha value is -1.63. The highest BCUT2D eigenvalue weighted by atomic mass is 79.9. The number of aliphatic carboxylic acids is 1. The Morgan fingerprint density at radius 1 is 1.62 bits per heavy atom. The van der Waals surface area contributed by atoms with Gasteiger partial charge < -0.3 is 9.84 Å². The third-order valence-electron chi connectivity index (χ3n) is 1.77. The molecule has 0 spiro atoms. The number of halogens is 1. The van der Waals surface area contributed by atoms with Crippen LogP contribution in [0, 0.1) is 10.1 Å². The Balaban J connectivity index is 3.04. The molecule has 6 nitrogen and oxygen atoms in total. The Bertz CT molecular complexity index is 434. The molecule has 1 atom stereocenters.